The number of nitrogens with one attached hydrogen (secondary N) is 1. The Hall–Kier alpha value is -1.81. The van der Waals surface area contributed by atoms with Crippen LogP contribution in [0.5, 0.6) is 0 Å². The van der Waals surface area contributed by atoms with E-state index >= 15 is 0 Å². The molecule has 3 nitrogen and oxygen atoms in total. The maximum Gasteiger partial charge on any atom is 0.134 e. The first-order valence-electron chi connectivity index (χ1n) is 6.16. The Balaban J connectivity index is 0.000000399. The molecule has 1 aromatic heterocycles. The fourth-order valence-electron chi connectivity index (χ4n) is 1.50. The Morgan fingerprint density at radius 2 is 1.95 bits per heavy atom. The number of amidine groups is 1. The number of aryl methyl sites for hydroxylation is 1. The maximum absolute atomic E-state index is 5.92. The smallest absolute Gasteiger partial charge is 0.134 e. The van der Waals surface area contributed by atoms with Crippen LogP contribution in [0.2, 0.25) is 0 Å². The van der Waals surface area contributed by atoms with Crippen molar-refractivity contribution >= 4 is 22.2 Å². The van der Waals surface area contributed by atoms with Gasteiger partial charge in [-0.25, -0.2) is 4.99 Å². The molecule has 0 saturated carbocycles. The number of anilines is 1. The molecule has 0 unspecified atom stereocenters. The van der Waals surface area contributed by atoms with Crippen molar-refractivity contribution in [2.24, 2.45) is 10.7 Å². The SMILES string of the molecule is C/C=C\C.C=CC1=C(C)Nc2sc(C)cc2C(N)=N1. The van der Waals surface area contributed by atoms with Crippen molar-refractivity contribution < 1.29 is 0 Å². The first-order chi connectivity index (χ1) is 9.03. The maximum atomic E-state index is 5.92. The number of rotatable bonds is 1. The second-order valence-electron chi connectivity index (χ2n) is 4.10. The molecule has 0 bridgehead atoms. The van der Waals surface area contributed by atoms with Gasteiger partial charge in [-0.3, -0.25) is 0 Å². The van der Waals surface area contributed by atoms with E-state index in [1.54, 1.807) is 17.4 Å². The molecule has 0 amide bonds. The molecule has 1 aromatic rings. The van der Waals surface area contributed by atoms with Crippen LogP contribution in [-0.2, 0) is 0 Å². The Morgan fingerprint density at radius 1 is 1.32 bits per heavy atom. The van der Waals surface area contributed by atoms with Crippen LogP contribution in [0.3, 0.4) is 0 Å². The highest BCUT2D eigenvalue weighted by molar-refractivity contribution is 7.16. The molecule has 2 rings (SSSR count). The Labute approximate surface area is 119 Å². The molecule has 2 heterocycles. The highest BCUT2D eigenvalue weighted by Gasteiger charge is 2.15. The fraction of sp³-hybridized carbons (Fsp3) is 0.267. The molecule has 0 saturated heterocycles. The first-order valence-corrected chi connectivity index (χ1v) is 6.97. The minimum absolute atomic E-state index is 0.550. The minimum atomic E-state index is 0.550. The lowest BCUT2D eigenvalue weighted by atomic mass is 10.3. The van der Waals surface area contributed by atoms with Crippen LogP contribution in [0.1, 0.15) is 31.2 Å². The Bertz CT molecular complexity index is 544. The van der Waals surface area contributed by atoms with E-state index in [2.05, 4.69) is 23.8 Å². The molecule has 0 fully saturated rings. The molecule has 102 valence electrons. The summed E-state index contributed by atoms with van der Waals surface area (Å²) in [5.74, 6) is 0.550. The van der Waals surface area contributed by atoms with Crippen LogP contribution in [0.4, 0.5) is 5.00 Å². The third kappa shape index (κ3) is 3.83. The molecule has 0 radical (unpaired) electrons. The number of hydrogen-bond donors (Lipinski definition) is 2. The van der Waals surface area contributed by atoms with E-state index in [9.17, 15) is 0 Å². The van der Waals surface area contributed by atoms with Crippen molar-refractivity contribution in [2.45, 2.75) is 27.7 Å². The van der Waals surface area contributed by atoms with Gasteiger partial charge >= 0.3 is 0 Å². The summed E-state index contributed by atoms with van der Waals surface area (Å²) in [6.07, 6.45) is 5.71. The molecular formula is C15H21N3S. The van der Waals surface area contributed by atoms with Crippen molar-refractivity contribution in [1.82, 2.24) is 0 Å². The summed E-state index contributed by atoms with van der Waals surface area (Å²) in [5.41, 5.74) is 8.68. The van der Waals surface area contributed by atoms with Gasteiger partial charge < -0.3 is 11.1 Å². The third-order valence-electron chi connectivity index (χ3n) is 2.58. The largest absolute Gasteiger partial charge is 0.383 e. The van der Waals surface area contributed by atoms with Crippen molar-refractivity contribution in [2.75, 3.05) is 5.32 Å². The lowest BCUT2D eigenvalue weighted by Gasteiger charge is -2.03. The Morgan fingerprint density at radius 3 is 2.47 bits per heavy atom. The van der Waals surface area contributed by atoms with Gasteiger partial charge in [-0.1, -0.05) is 18.7 Å². The van der Waals surface area contributed by atoms with Gasteiger partial charge in [-0.05, 0) is 39.8 Å². The predicted octanol–water partition coefficient (Wildman–Crippen LogP) is 4.19. The van der Waals surface area contributed by atoms with Gasteiger partial charge in [0.05, 0.1) is 11.3 Å². The van der Waals surface area contributed by atoms with Gasteiger partial charge in [0.2, 0.25) is 0 Å². The van der Waals surface area contributed by atoms with E-state index < -0.39 is 0 Å². The van der Waals surface area contributed by atoms with Crippen LogP contribution < -0.4 is 11.1 Å². The van der Waals surface area contributed by atoms with Gasteiger partial charge in [-0.2, -0.15) is 0 Å². The minimum Gasteiger partial charge on any atom is -0.383 e. The van der Waals surface area contributed by atoms with E-state index in [4.69, 9.17) is 5.73 Å². The third-order valence-corrected chi connectivity index (χ3v) is 3.55. The molecule has 0 aliphatic carbocycles. The summed E-state index contributed by atoms with van der Waals surface area (Å²) in [6.45, 7) is 11.7. The second kappa shape index (κ2) is 6.95. The predicted molar refractivity (Wildman–Crippen MR) is 86.8 cm³/mol. The number of nitrogens with zero attached hydrogens (tertiary/aromatic N) is 1. The summed E-state index contributed by atoms with van der Waals surface area (Å²) in [7, 11) is 0. The molecule has 0 atom stereocenters. The molecule has 1 aliphatic heterocycles. The van der Waals surface area contributed by atoms with Crippen LogP contribution in [-0.4, -0.2) is 5.84 Å². The zero-order chi connectivity index (χ0) is 14.4. The number of nitrogens with two attached hydrogens (primary N) is 1. The average molecular weight is 275 g/mol. The van der Waals surface area contributed by atoms with E-state index in [1.807, 2.05) is 39.0 Å². The standard InChI is InChI=1S/C11H13N3S.C4H8/c1-4-9-7(3)13-11-8(10(12)14-9)5-6(2)15-11;1-3-4-2/h4-5,13H,1H2,2-3H3,(H2,12,14);3-4H,1-2H3/b;4-3-. The number of fused-ring (bicyclic) bond motifs is 1. The Kier molecular flexibility index (Phi) is 5.57. The van der Waals surface area contributed by atoms with E-state index in [1.165, 1.54) is 4.88 Å². The summed E-state index contributed by atoms with van der Waals surface area (Å²) in [6, 6.07) is 2.05. The van der Waals surface area contributed by atoms with Crippen molar-refractivity contribution in [3.63, 3.8) is 0 Å². The summed E-state index contributed by atoms with van der Waals surface area (Å²) in [5, 5.41) is 4.37. The average Bonchev–Trinajstić information content (AvgIpc) is 2.71. The van der Waals surface area contributed by atoms with E-state index in [0.717, 1.165) is 22.0 Å². The monoisotopic (exact) mass is 275 g/mol. The number of aliphatic imine (C=N–C) groups is 1. The van der Waals surface area contributed by atoms with Gasteiger partial charge in [0.25, 0.3) is 0 Å². The summed E-state index contributed by atoms with van der Waals surface area (Å²) in [4.78, 5) is 5.55. The molecule has 3 N–H and O–H groups in total. The highest BCUT2D eigenvalue weighted by Crippen LogP contribution is 2.31. The molecule has 0 aromatic carbocycles. The number of allylic oxidation sites excluding steroid dienone is 4. The zero-order valence-electron chi connectivity index (χ0n) is 11.9. The lowest BCUT2D eigenvalue weighted by molar-refractivity contribution is 1.27. The lowest BCUT2D eigenvalue weighted by Crippen LogP contribution is -2.12. The van der Waals surface area contributed by atoms with Crippen LogP contribution in [0, 0.1) is 6.92 Å². The van der Waals surface area contributed by atoms with Crippen molar-refractivity contribution in [3.8, 4) is 0 Å². The summed E-state index contributed by atoms with van der Waals surface area (Å²) >= 11 is 1.68. The summed E-state index contributed by atoms with van der Waals surface area (Å²) < 4.78 is 0. The van der Waals surface area contributed by atoms with Crippen molar-refractivity contribution in [1.29, 1.82) is 0 Å². The normalized spacial score (nSPS) is 14.0. The molecule has 4 heteroatoms. The highest BCUT2D eigenvalue weighted by atomic mass is 32.1. The molecular weight excluding hydrogens is 254 g/mol. The molecule has 0 spiro atoms. The molecule has 19 heavy (non-hydrogen) atoms. The fourth-order valence-corrected chi connectivity index (χ4v) is 2.48. The molecule has 1 aliphatic rings. The van der Waals surface area contributed by atoms with Gasteiger partial charge in [0.1, 0.15) is 10.8 Å². The van der Waals surface area contributed by atoms with Gasteiger partial charge in [-0.15, -0.1) is 11.3 Å². The van der Waals surface area contributed by atoms with Crippen molar-refractivity contribution in [3.05, 3.63) is 52.7 Å². The van der Waals surface area contributed by atoms with Gasteiger partial charge in [0.15, 0.2) is 0 Å². The van der Waals surface area contributed by atoms with Crippen LogP contribution in [0.25, 0.3) is 0 Å². The second-order valence-corrected chi connectivity index (χ2v) is 5.36. The first kappa shape index (κ1) is 15.2. The van der Waals surface area contributed by atoms with Crippen LogP contribution in [0.15, 0.2) is 47.3 Å². The van der Waals surface area contributed by atoms with E-state index in [-0.39, 0.29) is 0 Å². The number of thiophene rings is 1. The quantitative estimate of drug-likeness (QED) is 0.755. The van der Waals surface area contributed by atoms with Gasteiger partial charge in [0, 0.05) is 10.6 Å². The van der Waals surface area contributed by atoms with Crippen LogP contribution >= 0.6 is 11.3 Å². The number of hydrogen-bond acceptors (Lipinski definition) is 4. The van der Waals surface area contributed by atoms with E-state index in [0.29, 0.717) is 5.84 Å². The topological polar surface area (TPSA) is 50.4 Å². The zero-order valence-corrected chi connectivity index (χ0v) is 12.8.